The predicted molar refractivity (Wildman–Crippen MR) is 86.4 cm³/mol. The summed E-state index contributed by atoms with van der Waals surface area (Å²) in [7, 11) is 0. The fraction of sp³-hybridized carbons (Fsp3) is 0.500. The molecule has 3 rings (SSSR count). The molecule has 2 N–H and O–H groups in total. The molecule has 1 aromatic carbocycles. The van der Waals surface area contributed by atoms with E-state index in [1.807, 2.05) is 24.3 Å². The lowest BCUT2D eigenvalue weighted by molar-refractivity contribution is 0.113. The van der Waals surface area contributed by atoms with Crippen LogP contribution in [-0.4, -0.2) is 10.1 Å². The molecule has 118 valence electrons. The van der Waals surface area contributed by atoms with Gasteiger partial charge in [0.2, 0.25) is 0 Å². The third kappa shape index (κ3) is 2.90. The zero-order valence-electron chi connectivity index (χ0n) is 12.8. The van der Waals surface area contributed by atoms with Gasteiger partial charge in [-0.05, 0) is 53.2 Å². The van der Waals surface area contributed by atoms with Gasteiger partial charge in [-0.3, -0.25) is 0 Å². The van der Waals surface area contributed by atoms with Gasteiger partial charge in [0.15, 0.2) is 11.9 Å². The smallest absolute Gasteiger partial charge is 0.268 e. The number of hydrogen-bond donors (Lipinski definition) is 1. The summed E-state index contributed by atoms with van der Waals surface area (Å²) in [5.41, 5.74) is 5.84. The van der Waals surface area contributed by atoms with Crippen molar-refractivity contribution < 1.29 is 9.26 Å². The zero-order valence-corrected chi connectivity index (χ0v) is 14.3. The van der Waals surface area contributed by atoms with Crippen molar-refractivity contribution >= 4 is 15.9 Å². The summed E-state index contributed by atoms with van der Waals surface area (Å²) in [5.74, 6) is 2.02. The summed E-state index contributed by atoms with van der Waals surface area (Å²) in [6, 6.07) is 7.73. The number of aromatic nitrogens is 2. The molecule has 1 heterocycles. The second kappa shape index (κ2) is 6.01. The quantitative estimate of drug-likeness (QED) is 0.868. The maximum Gasteiger partial charge on any atom is 0.268 e. The van der Waals surface area contributed by atoms with Crippen LogP contribution in [0.15, 0.2) is 33.3 Å². The molecule has 0 aliphatic heterocycles. The molecule has 1 saturated carbocycles. The fourth-order valence-corrected chi connectivity index (χ4v) is 2.86. The molecule has 1 fully saturated rings. The molecule has 1 aliphatic carbocycles. The number of nitrogens with two attached hydrogens (primary N) is 1. The second-order valence-corrected chi connectivity index (χ2v) is 7.03. The van der Waals surface area contributed by atoms with Crippen molar-refractivity contribution in [2.24, 2.45) is 11.7 Å². The minimum atomic E-state index is -0.420. The maximum absolute atomic E-state index is 6.26. The van der Waals surface area contributed by atoms with Crippen LogP contribution in [0.5, 0.6) is 5.75 Å². The van der Waals surface area contributed by atoms with Crippen molar-refractivity contribution in [1.29, 1.82) is 0 Å². The van der Waals surface area contributed by atoms with Gasteiger partial charge in [0.1, 0.15) is 5.75 Å². The maximum atomic E-state index is 6.26. The van der Waals surface area contributed by atoms with Crippen LogP contribution < -0.4 is 10.5 Å². The summed E-state index contributed by atoms with van der Waals surface area (Å²) < 4.78 is 12.4. The summed E-state index contributed by atoms with van der Waals surface area (Å²) in [6.07, 6.45) is 2.62. The Morgan fingerprint density at radius 2 is 2.05 bits per heavy atom. The molecule has 1 aliphatic rings. The summed E-state index contributed by atoms with van der Waals surface area (Å²) >= 11 is 3.49. The Hall–Kier alpha value is -1.40. The topological polar surface area (TPSA) is 74.2 Å². The molecule has 0 amide bonds. The monoisotopic (exact) mass is 365 g/mol. The first-order valence-corrected chi connectivity index (χ1v) is 8.33. The highest BCUT2D eigenvalue weighted by atomic mass is 79.9. The van der Waals surface area contributed by atoms with E-state index in [2.05, 4.69) is 39.9 Å². The van der Waals surface area contributed by atoms with Gasteiger partial charge < -0.3 is 15.0 Å². The molecule has 1 aromatic heterocycles. The standard InChI is InChI=1S/C16H20BrN3O2/c1-10(2)13(21-12-7-4-3-6-11(12)17)14-19-15(20-22-14)16(18)8-5-9-16/h3-4,6-7,10,13H,5,8-9,18H2,1-2H3. The molecule has 0 radical (unpaired) electrons. The van der Waals surface area contributed by atoms with E-state index in [9.17, 15) is 0 Å². The molecule has 0 saturated heterocycles. The lowest BCUT2D eigenvalue weighted by Crippen LogP contribution is -2.44. The van der Waals surface area contributed by atoms with Gasteiger partial charge in [0, 0.05) is 0 Å². The molecule has 0 spiro atoms. The van der Waals surface area contributed by atoms with Gasteiger partial charge in [-0.1, -0.05) is 31.1 Å². The van der Waals surface area contributed by atoms with E-state index >= 15 is 0 Å². The van der Waals surface area contributed by atoms with Crippen molar-refractivity contribution in [2.45, 2.75) is 44.8 Å². The van der Waals surface area contributed by atoms with Crippen molar-refractivity contribution in [1.82, 2.24) is 10.1 Å². The first kappa shape index (κ1) is 15.5. The number of halogens is 1. The Morgan fingerprint density at radius 1 is 1.32 bits per heavy atom. The Labute approximate surface area is 138 Å². The Balaban J connectivity index is 1.84. The molecule has 22 heavy (non-hydrogen) atoms. The van der Waals surface area contributed by atoms with Crippen molar-refractivity contribution in [2.75, 3.05) is 0 Å². The highest BCUT2D eigenvalue weighted by molar-refractivity contribution is 9.10. The fourth-order valence-electron chi connectivity index (χ4n) is 2.48. The zero-order chi connectivity index (χ0) is 15.7. The van der Waals surface area contributed by atoms with E-state index in [0.717, 1.165) is 29.5 Å². The first-order chi connectivity index (χ1) is 10.5. The lowest BCUT2D eigenvalue weighted by atomic mass is 9.77. The number of ether oxygens (including phenoxy) is 1. The molecular formula is C16H20BrN3O2. The van der Waals surface area contributed by atoms with Crippen LogP contribution >= 0.6 is 15.9 Å². The Kier molecular flexibility index (Phi) is 4.23. The Bertz CT molecular complexity index is 652. The second-order valence-electron chi connectivity index (χ2n) is 6.18. The van der Waals surface area contributed by atoms with Gasteiger partial charge in [0.25, 0.3) is 5.89 Å². The predicted octanol–water partition coefficient (Wildman–Crippen LogP) is 3.95. The minimum Gasteiger partial charge on any atom is -0.479 e. The average Bonchev–Trinajstić information content (AvgIpc) is 2.93. The molecule has 0 bridgehead atoms. The SMILES string of the molecule is CC(C)C(Oc1ccccc1Br)c1nc(C2(N)CCC2)no1. The third-order valence-corrected chi connectivity index (χ3v) is 4.73. The van der Waals surface area contributed by atoms with Crippen LogP contribution in [0.3, 0.4) is 0 Å². The lowest BCUT2D eigenvalue weighted by Gasteiger charge is -2.34. The summed E-state index contributed by atoms with van der Waals surface area (Å²) in [4.78, 5) is 4.51. The van der Waals surface area contributed by atoms with E-state index in [1.54, 1.807) is 0 Å². The van der Waals surface area contributed by atoms with Crippen LogP contribution in [0.25, 0.3) is 0 Å². The van der Waals surface area contributed by atoms with Crippen molar-refractivity contribution in [3.63, 3.8) is 0 Å². The molecule has 6 heteroatoms. The normalized spacial score (nSPS) is 18.0. The first-order valence-electron chi connectivity index (χ1n) is 7.54. The van der Waals surface area contributed by atoms with E-state index in [-0.39, 0.29) is 12.0 Å². The molecule has 1 unspecified atom stereocenters. The number of nitrogens with zero attached hydrogens (tertiary/aromatic N) is 2. The van der Waals surface area contributed by atoms with Crippen LogP contribution in [0, 0.1) is 5.92 Å². The molecule has 2 aromatic rings. The van der Waals surface area contributed by atoms with Gasteiger partial charge >= 0.3 is 0 Å². The summed E-state index contributed by atoms with van der Waals surface area (Å²) in [6.45, 7) is 4.12. The number of rotatable bonds is 5. The number of para-hydroxylation sites is 1. The summed E-state index contributed by atoms with van der Waals surface area (Å²) in [5, 5.41) is 4.07. The Morgan fingerprint density at radius 3 is 2.64 bits per heavy atom. The molecular weight excluding hydrogens is 346 g/mol. The molecule has 1 atom stereocenters. The third-order valence-electron chi connectivity index (χ3n) is 4.07. The minimum absolute atomic E-state index is 0.190. The van der Waals surface area contributed by atoms with Crippen LogP contribution in [0.2, 0.25) is 0 Å². The number of benzene rings is 1. The average molecular weight is 366 g/mol. The van der Waals surface area contributed by atoms with Crippen LogP contribution in [0.1, 0.15) is 50.9 Å². The van der Waals surface area contributed by atoms with Crippen molar-refractivity contribution in [3.8, 4) is 5.75 Å². The van der Waals surface area contributed by atoms with E-state index in [1.165, 1.54) is 0 Å². The molecule has 5 nitrogen and oxygen atoms in total. The van der Waals surface area contributed by atoms with Gasteiger partial charge in [-0.15, -0.1) is 0 Å². The van der Waals surface area contributed by atoms with E-state index < -0.39 is 5.54 Å². The highest BCUT2D eigenvalue weighted by Crippen LogP contribution is 2.38. The van der Waals surface area contributed by atoms with Crippen LogP contribution in [-0.2, 0) is 5.54 Å². The van der Waals surface area contributed by atoms with Gasteiger partial charge in [-0.25, -0.2) is 0 Å². The highest BCUT2D eigenvalue weighted by Gasteiger charge is 2.40. The van der Waals surface area contributed by atoms with Gasteiger partial charge in [-0.2, -0.15) is 4.98 Å². The van der Waals surface area contributed by atoms with E-state index in [0.29, 0.717) is 11.7 Å². The van der Waals surface area contributed by atoms with Crippen molar-refractivity contribution in [3.05, 3.63) is 40.5 Å². The van der Waals surface area contributed by atoms with E-state index in [4.69, 9.17) is 15.0 Å². The van der Waals surface area contributed by atoms with Gasteiger partial charge in [0.05, 0.1) is 10.0 Å². The van der Waals surface area contributed by atoms with Crippen LogP contribution in [0.4, 0.5) is 0 Å². The number of hydrogen-bond acceptors (Lipinski definition) is 5. The largest absolute Gasteiger partial charge is 0.479 e.